The van der Waals surface area contributed by atoms with Gasteiger partial charge >= 0.3 is 10.3 Å². The van der Waals surface area contributed by atoms with E-state index in [1.807, 2.05) is 94.4 Å². The number of aryl methyl sites for hydroxylation is 2. The third kappa shape index (κ3) is 12.5. The average molecular weight is 839 g/mol. The second kappa shape index (κ2) is 21.6. The summed E-state index contributed by atoms with van der Waals surface area (Å²) in [4.78, 5) is 20.6. The highest BCUT2D eigenvalue weighted by Gasteiger charge is 2.22. The van der Waals surface area contributed by atoms with Crippen molar-refractivity contribution in [2.45, 2.75) is 46.1 Å². The largest absolute Gasteiger partial charge is 1.00 e. The molecule has 6 rings (SSSR count). The maximum Gasteiger partial charge on any atom is 0.339 e. The van der Waals surface area contributed by atoms with Gasteiger partial charge in [-0.2, -0.15) is 0 Å². The van der Waals surface area contributed by atoms with Crippen LogP contribution in [-0.2, 0) is 13.1 Å². The predicted molar refractivity (Wildman–Crippen MR) is 207 cm³/mol. The van der Waals surface area contributed by atoms with Crippen molar-refractivity contribution in [1.29, 1.82) is 0 Å². The number of nitro benzene ring substituents is 2. The van der Waals surface area contributed by atoms with Crippen LogP contribution in [0.15, 0.2) is 120 Å². The first kappa shape index (κ1) is 43.3. The second-order valence-corrected chi connectivity index (χ2v) is 13.3. The number of aromatic nitrogens is 2. The summed E-state index contributed by atoms with van der Waals surface area (Å²) in [6, 6.07) is 31.7. The zero-order valence-electron chi connectivity index (χ0n) is 29.8. The van der Waals surface area contributed by atoms with Crippen molar-refractivity contribution in [3.8, 4) is 0 Å². The van der Waals surface area contributed by atoms with Gasteiger partial charge in [0.2, 0.25) is 0 Å². The maximum atomic E-state index is 10.7. The Balaban J connectivity index is 0.000000266. The molecule has 0 bridgehead atoms. The van der Waals surface area contributed by atoms with Gasteiger partial charge in [-0.1, -0.05) is 59.1 Å². The first-order valence-electron chi connectivity index (χ1n) is 16.6. The fourth-order valence-corrected chi connectivity index (χ4v) is 6.85. The van der Waals surface area contributed by atoms with Gasteiger partial charge in [-0.05, 0) is 80.4 Å². The Labute approximate surface area is 331 Å². The lowest BCUT2D eigenvalue weighted by atomic mass is 10.1. The molecule has 0 amide bonds. The molecule has 6 aromatic rings. The van der Waals surface area contributed by atoms with Gasteiger partial charge in [-0.15, -0.1) is 0 Å². The molecular weight excluding hydrogens is 796 g/mol. The van der Waals surface area contributed by atoms with Crippen LogP contribution in [0.2, 0.25) is 0 Å². The zero-order chi connectivity index (χ0) is 38.3. The van der Waals surface area contributed by atoms with Gasteiger partial charge in [-0.25, -0.2) is 19.8 Å². The Kier molecular flexibility index (Phi) is 17.3. The highest BCUT2D eigenvalue weighted by Crippen LogP contribution is 2.24. The number of thiazole rings is 2. The van der Waals surface area contributed by atoms with E-state index in [-0.39, 0.29) is 35.0 Å². The Morgan fingerprint density at radius 1 is 0.630 bits per heavy atom. The molecule has 13 nitrogen and oxygen atoms in total. The minimum absolute atomic E-state index is 0. The molecule has 0 fully saturated rings. The number of nitro groups is 2. The summed E-state index contributed by atoms with van der Waals surface area (Å²) in [5.74, 6) is 0. The van der Waals surface area contributed by atoms with Crippen LogP contribution in [0.1, 0.15) is 41.6 Å². The van der Waals surface area contributed by atoms with Gasteiger partial charge in [0.05, 0.1) is 9.85 Å². The first-order chi connectivity index (χ1) is 25.5. The quantitative estimate of drug-likeness (QED) is 0.0677. The number of para-hydroxylation sites is 2. The van der Waals surface area contributed by atoms with Crippen molar-refractivity contribution < 1.29 is 51.3 Å². The van der Waals surface area contributed by atoms with Crippen molar-refractivity contribution in [2.75, 3.05) is 17.2 Å². The summed E-state index contributed by atoms with van der Waals surface area (Å²) in [5.41, 5.74) is 5.34. The number of benzene rings is 4. The Hall–Kier alpha value is -5.10. The molecule has 0 radical (unpaired) electrons. The van der Waals surface area contributed by atoms with E-state index >= 15 is 0 Å². The van der Waals surface area contributed by atoms with E-state index in [1.54, 1.807) is 53.9 Å². The van der Waals surface area contributed by atoms with Gasteiger partial charge in [0.15, 0.2) is 0 Å². The molecule has 5 N–H and O–H groups in total. The van der Waals surface area contributed by atoms with Crippen LogP contribution in [-0.4, -0.2) is 31.8 Å². The van der Waals surface area contributed by atoms with Crippen LogP contribution in [0.5, 0.6) is 0 Å². The number of hydrogen-bond donors (Lipinski definition) is 5. The Bertz CT molecular complexity index is 1900. The summed E-state index contributed by atoms with van der Waals surface area (Å²) in [7, 11) is 0. The molecule has 0 aliphatic rings. The molecule has 2 aromatic heterocycles. The van der Waals surface area contributed by atoms with E-state index < -0.39 is 22.1 Å². The van der Waals surface area contributed by atoms with E-state index in [0.29, 0.717) is 24.2 Å². The molecule has 0 saturated carbocycles. The van der Waals surface area contributed by atoms with Gasteiger partial charge in [-0.3, -0.25) is 20.2 Å². The van der Waals surface area contributed by atoms with Crippen LogP contribution in [0.25, 0.3) is 0 Å². The minimum atomic E-state index is -0.754. The predicted octanol–water partition coefficient (Wildman–Crippen LogP) is 4.46. The molecule has 2 heterocycles. The number of nitrogens with one attached hydrogen (secondary N) is 2. The third-order valence-corrected chi connectivity index (χ3v) is 9.77. The second-order valence-electron chi connectivity index (χ2n) is 11.6. The topological polar surface area (TPSA) is 179 Å². The molecule has 0 spiro atoms. The first-order valence-corrected chi connectivity index (χ1v) is 18.3. The summed E-state index contributed by atoms with van der Waals surface area (Å²) >= 11 is 3.13. The number of nitrogens with zero attached hydrogens (tertiary/aromatic N) is 4. The smallest absolute Gasteiger partial charge is 0.339 e. The lowest BCUT2D eigenvalue weighted by molar-refractivity contribution is -0.692. The fourth-order valence-electron chi connectivity index (χ4n) is 4.99. The highest BCUT2D eigenvalue weighted by molar-refractivity contribution is 7.13. The number of halogens is 1. The van der Waals surface area contributed by atoms with E-state index in [4.69, 9.17) is 5.11 Å². The van der Waals surface area contributed by atoms with Crippen LogP contribution in [0.3, 0.4) is 0 Å². The molecule has 16 heteroatoms. The van der Waals surface area contributed by atoms with E-state index in [1.165, 1.54) is 24.3 Å². The van der Waals surface area contributed by atoms with Gasteiger partial charge in [0.25, 0.3) is 11.4 Å². The third-order valence-electron chi connectivity index (χ3n) is 7.76. The lowest BCUT2D eigenvalue weighted by Crippen LogP contribution is -3.00. The van der Waals surface area contributed by atoms with Gasteiger partial charge < -0.3 is 32.3 Å². The summed E-state index contributed by atoms with van der Waals surface area (Å²) < 4.78 is 4.01. The molecule has 54 heavy (non-hydrogen) atoms. The lowest BCUT2D eigenvalue weighted by Gasteiger charge is -2.11. The number of hydrogen-bond acceptors (Lipinski definition) is 11. The molecule has 0 saturated heterocycles. The van der Waals surface area contributed by atoms with Crippen LogP contribution in [0, 0.1) is 34.1 Å². The van der Waals surface area contributed by atoms with E-state index in [0.717, 1.165) is 33.0 Å². The average Bonchev–Trinajstić information content (AvgIpc) is 3.68. The van der Waals surface area contributed by atoms with E-state index in [2.05, 4.69) is 10.6 Å². The van der Waals surface area contributed by atoms with Gasteiger partial charge in [0, 0.05) is 41.6 Å². The Morgan fingerprint density at radius 2 is 0.944 bits per heavy atom. The minimum Gasteiger partial charge on any atom is -1.00 e. The molecule has 0 aliphatic carbocycles. The highest BCUT2D eigenvalue weighted by atomic mass is 79.9. The number of aliphatic hydroxyl groups excluding tert-OH is 3. The van der Waals surface area contributed by atoms with Crippen LogP contribution < -0.4 is 36.7 Å². The summed E-state index contributed by atoms with van der Waals surface area (Å²) in [6.45, 7) is 6.62. The molecule has 4 aromatic carbocycles. The molecule has 2 atom stereocenters. The van der Waals surface area contributed by atoms with E-state index in [9.17, 15) is 30.4 Å². The standard InChI is InChI=1S/2C18H17N3O3S.C2H6O.BrH/c2*1-13-12-25-18(19-15-5-3-2-4-6-15)20(13)11-17(22)14-7-9-16(10-8-14)21(23)24;1-2-3;/h2*2-10,12,17,22H,11H2,1H3;3H,2H2,1H3;1H/p+1. The maximum absolute atomic E-state index is 10.7. The summed E-state index contributed by atoms with van der Waals surface area (Å²) in [6.07, 6.45) is -1.51. The molecule has 2 unspecified atom stereocenters. The fraction of sp³-hybridized carbons (Fsp3) is 0.211. The van der Waals surface area contributed by atoms with Crippen LogP contribution in [0.4, 0.5) is 33.0 Å². The SMILES string of the molecule is CCO.Cc1csc(Nc2ccccc2)[n+]1CC(O)c1ccc([N+](=O)[O-])cc1.Cc1csc(Nc2ccccc2)[n+]1CC(O)c1ccc([N+](=O)[O-])cc1.[Br-]. The van der Waals surface area contributed by atoms with Crippen molar-refractivity contribution in [2.24, 2.45) is 0 Å². The molecule has 0 aliphatic heterocycles. The molecule has 284 valence electrons. The van der Waals surface area contributed by atoms with Gasteiger partial charge in [0.1, 0.15) is 48.1 Å². The van der Waals surface area contributed by atoms with Crippen molar-refractivity contribution in [1.82, 2.24) is 0 Å². The van der Waals surface area contributed by atoms with Crippen molar-refractivity contribution in [3.63, 3.8) is 0 Å². The monoisotopic (exact) mass is 837 g/mol. The van der Waals surface area contributed by atoms with Crippen molar-refractivity contribution in [3.05, 3.63) is 163 Å². The van der Waals surface area contributed by atoms with Crippen LogP contribution >= 0.6 is 22.7 Å². The number of non-ortho nitro benzene ring substituents is 2. The Morgan fingerprint density at radius 3 is 1.24 bits per heavy atom. The molecular formula is C38H42BrN6O7S2+. The van der Waals surface area contributed by atoms with Crippen molar-refractivity contribution >= 4 is 55.7 Å². The summed E-state index contributed by atoms with van der Waals surface area (Å²) in [5, 5.41) is 62.7. The zero-order valence-corrected chi connectivity index (χ0v) is 33.0. The number of aliphatic hydroxyl groups is 3. The number of rotatable bonds is 12. The normalized spacial score (nSPS) is 11.4. The number of anilines is 4.